The molecule has 1 aromatic heterocycles. The molecule has 0 spiro atoms. The van der Waals surface area contributed by atoms with E-state index in [1.807, 2.05) is 0 Å². The van der Waals surface area contributed by atoms with Gasteiger partial charge in [0, 0.05) is 31.4 Å². The van der Waals surface area contributed by atoms with Crippen LogP contribution in [0.1, 0.15) is 54.4 Å². The number of halogens is 1. The molecule has 124 valence electrons. The first-order chi connectivity index (χ1) is 10.2. The van der Waals surface area contributed by atoms with Gasteiger partial charge in [-0.15, -0.1) is 12.4 Å². The number of nitrogens with one attached hydrogen (secondary N) is 3. The molecule has 6 heteroatoms. The van der Waals surface area contributed by atoms with E-state index in [0.29, 0.717) is 23.7 Å². The lowest BCUT2D eigenvalue weighted by Crippen LogP contribution is -2.37. The van der Waals surface area contributed by atoms with Crippen LogP contribution in [-0.4, -0.2) is 30.0 Å². The second-order valence-electron chi connectivity index (χ2n) is 5.79. The third-order valence-electron chi connectivity index (χ3n) is 4.07. The standard InChI is InChI=1S/C16H25N3O2.ClH/c1-12-10-15(20)19-11-14(12)16(21)18-9-8-17-13-6-4-2-3-5-7-13;/h10-11,13,17H,2-9H2,1H3,(H,18,21)(H,19,20);1H. The maximum absolute atomic E-state index is 12.0. The Morgan fingerprint density at radius 3 is 2.55 bits per heavy atom. The van der Waals surface area contributed by atoms with E-state index in [-0.39, 0.29) is 23.9 Å². The number of aromatic nitrogens is 1. The molecule has 0 unspecified atom stereocenters. The molecule has 0 radical (unpaired) electrons. The molecule has 1 saturated carbocycles. The minimum atomic E-state index is -0.181. The molecule has 5 nitrogen and oxygen atoms in total. The van der Waals surface area contributed by atoms with E-state index in [2.05, 4.69) is 15.6 Å². The van der Waals surface area contributed by atoms with Crippen molar-refractivity contribution in [2.24, 2.45) is 0 Å². The lowest BCUT2D eigenvalue weighted by molar-refractivity contribution is 0.0952. The Hall–Kier alpha value is -1.33. The normalized spacial score (nSPS) is 15.7. The van der Waals surface area contributed by atoms with Crippen LogP contribution in [0.25, 0.3) is 0 Å². The van der Waals surface area contributed by atoms with Gasteiger partial charge in [-0.2, -0.15) is 0 Å². The largest absolute Gasteiger partial charge is 0.351 e. The van der Waals surface area contributed by atoms with Gasteiger partial charge in [-0.1, -0.05) is 25.7 Å². The van der Waals surface area contributed by atoms with Crippen LogP contribution in [0.5, 0.6) is 0 Å². The summed E-state index contributed by atoms with van der Waals surface area (Å²) >= 11 is 0. The quantitative estimate of drug-likeness (QED) is 0.573. The number of hydrogen-bond acceptors (Lipinski definition) is 3. The monoisotopic (exact) mass is 327 g/mol. The van der Waals surface area contributed by atoms with Gasteiger partial charge in [-0.3, -0.25) is 9.59 Å². The number of hydrogen-bond donors (Lipinski definition) is 3. The Kier molecular flexibility index (Phi) is 8.20. The Morgan fingerprint density at radius 1 is 1.23 bits per heavy atom. The highest BCUT2D eigenvalue weighted by Crippen LogP contribution is 2.16. The Bertz CT molecular complexity index is 522. The van der Waals surface area contributed by atoms with Crippen molar-refractivity contribution in [3.8, 4) is 0 Å². The maximum Gasteiger partial charge on any atom is 0.253 e. The van der Waals surface area contributed by atoms with Crippen molar-refractivity contribution in [2.45, 2.75) is 51.5 Å². The van der Waals surface area contributed by atoms with Gasteiger partial charge in [0.2, 0.25) is 5.56 Å². The number of rotatable bonds is 5. The molecule has 0 atom stereocenters. The summed E-state index contributed by atoms with van der Waals surface area (Å²) in [4.78, 5) is 25.7. The predicted molar refractivity (Wildman–Crippen MR) is 90.9 cm³/mol. The number of H-pyrrole nitrogens is 1. The zero-order valence-corrected chi connectivity index (χ0v) is 13.9. The first-order valence-corrected chi connectivity index (χ1v) is 7.88. The molecule has 1 fully saturated rings. The average molecular weight is 328 g/mol. The molecule has 0 saturated heterocycles. The van der Waals surface area contributed by atoms with Gasteiger partial charge < -0.3 is 15.6 Å². The Balaban J connectivity index is 0.00000242. The van der Waals surface area contributed by atoms with Crippen LogP contribution in [0.15, 0.2) is 17.1 Å². The highest BCUT2D eigenvalue weighted by Gasteiger charge is 2.12. The molecule has 1 aromatic rings. The molecule has 22 heavy (non-hydrogen) atoms. The summed E-state index contributed by atoms with van der Waals surface area (Å²) < 4.78 is 0. The van der Waals surface area contributed by atoms with Crippen molar-refractivity contribution in [3.63, 3.8) is 0 Å². The third kappa shape index (κ3) is 5.81. The average Bonchev–Trinajstić information content (AvgIpc) is 2.72. The summed E-state index contributed by atoms with van der Waals surface area (Å²) in [6.07, 6.45) is 9.27. The lowest BCUT2D eigenvalue weighted by Gasteiger charge is -2.16. The lowest BCUT2D eigenvalue weighted by atomic mass is 10.1. The van der Waals surface area contributed by atoms with Crippen molar-refractivity contribution in [2.75, 3.05) is 13.1 Å². The number of aromatic amines is 1. The first kappa shape index (κ1) is 18.7. The molecule has 0 bridgehead atoms. The van der Waals surface area contributed by atoms with Gasteiger partial charge in [-0.05, 0) is 25.3 Å². The van der Waals surface area contributed by atoms with Gasteiger partial charge in [0.1, 0.15) is 0 Å². The van der Waals surface area contributed by atoms with Crippen molar-refractivity contribution in [1.82, 2.24) is 15.6 Å². The SMILES string of the molecule is Cc1cc(=O)[nH]cc1C(=O)NCCNC1CCCCCC1.Cl. The smallest absolute Gasteiger partial charge is 0.253 e. The number of aryl methyl sites for hydroxylation is 1. The molecule has 1 aliphatic rings. The van der Waals surface area contributed by atoms with Crippen LogP contribution in [0.2, 0.25) is 0 Å². The molecule has 1 amide bonds. The Morgan fingerprint density at radius 2 is 1.91 bits per heavy atom. The molecule has 1 aliphatic carbocycles. The second-order valence-corrected chi connectivity index (χ2v) is 5.79. The van der Waals surface area contributed by atoms with Crippen molar-refractivity contribution >= 4 is 18.3 Å². The minimum Gasteiger partial charge on any atom is -0.351 e. The second kappa shape index (κ2) is 9.64. The molecule has 2 rings (SSSR count). The zero-order chi connectivity index (χ0) is 15.1. The van der Waals surface area contributed by atoms with E-state index < -0.39 is 0 Å². The number of amides is 1. The fraction of sp³-hybridized carbons (Fsp3) is 0.625. The molecule has 0 aromatic carbocycles. The van der Waals surface area contributed by atoms with Gasteiger partial charge in [-0.25, -0.2) is 0 Å². The van der Waals surface area contributed by atoms with Crippen LogP contribution in [0, 0.1) is 6.92 Å². The highest BCUT2D eigenvalue weighted by molar-refractivity contribution is 5.95. The van der Waals surface area contributed by atoms with Crippen molar-refractivity contribution < 1.29 is 4.79 Å². The van der Waals surface area contributed by atoms with Crippen LogP contribution >= 0.6 is 12.4 Å². The fourth-order valence-electron chi connectivity index (χ4n) is 2.85. The van der Waals surface area contributed by atoms with Crippen LogP contribution in [0.3, 0.4) is 0 Å². The summed E-state index contributed by atoms with van der Waals surface area (Å²) in [7, 11) is 0. The number of carbonyl (C=O) groups excluding carboxylic acids is 1. The van der Waals surface area contributed by atoms with E-state index in [4.69, 9.17) is 0 Å². The summed E-state index contributed by atoms with van der Waals surface area (Å²) in [5, 5.41) is 6.41. The summed E-state index contributed by atoms with van der Waals surface area (Å²) in [6.45, 7) is 3.17. The zero-order valence-electron chi connectivity index (χ0n) is 13.1. The molecular formula is C16H26ClN3O2. The first-order valence-electron chi connectivity index (χ1n) is 7.88. The molecule has 1 heterocycles. The Labute approximate surface area is 137 Å². The maximum atomic E-state index is 12.0. The number of pyridine rings is 1. The predicted octanol–water partition coefficient (Wildman–Crippen LogP) is 2.15. The van der Waals surface area contributed by atoms with Crippen molar-refractivity contribution in [3.05, 3.63) is 33.7 Å². The van der Waals surface area contributed by atoms with Crippen molar-refractivity contribution in [1.29, 1.82) is 0 Å². The van der Waals surface area contributed by atoms with E-state index in [1.165, 1.54) is 50.8 Å². The topological polar surface area (TPSA) is 74.0 Å². The van der Waals surface area contributed by atoms with E-state index in [1.54, 1.807) is 6.92 Å². The molecular weight excluding hydrogens is 302 g/mol. The molecule has 0 aliphatic heterocycles. The minimum absolute atomic E-state index is 0. The van der Waals surface area contributed by atoms with Gasteiger partial charge >= 0.3 is 0 Å². The van der Waals surface area contributed by atoms with Gasteiger partial charge in [0.15, 0.2) is 0 Å². The summed E-state index contributed by atoms with van der Waals surface area (Å²) in [5.41, 5.74) is 1.05. The van der Waals surface area contributed by atoms with Gasteiger partial charge in [0.05, 0.1) is 5.56 Å². The fourth-order valence-corrected chi connectivity index (χ4v) is 2.85. The summed E-state index contributed by atoms with van der Waals surface area (Å²) in [6, 6.07) is 2.04. The van der Waals surface area contributed by atoms with Gasteiger partial charge in [0.25, 0.3) is 5.91 Å². The van der Waals surface area contributed by atoms with Crippen LogP contribution < -0.4 is 16.2 Å². The van der Waals surface area contributed by atoms with Crippen LogP contribution in [-0.2, 0) is 0 Å². The van der Waals surface area contributed by atoms with E-state index in [9.17, 15) is 9.59 Å². The highest BCUT2D eigenvalue weighted by atomic mass is 35.5. The molecule has 3 N–H and O–H groups in total. The third-order valence-corrected chi connectivity index (χ3v) is 4.07. The van der Waals surface area contributed by atoms with E-state index >= 15 is 0 Å². The number of carbonyl (C=O) groups is 1. The summed E-state index contributed by atoms with van der Waals surface area (Å²) in [5.74, 6) is -0.133. The van der Waals surface area contributed by atoms with Crippen LogP contribution in [0.4, 0.5) is 0 Å². The van der Waals surface area contributed by atoms with E-state index in [0.717, 1.165) is 6.54 Å².